The highest BCUT2D eigenvalue weighted by Gasteiger charge is 2.39. The molecule has 0 bridgehead atoms. The zero-order chi connectivity index (χ0) is 24.7. The number of ether oxygens (including phenoxy) is 2. The smallest absolute Gasteiger partial charge is 0.348 e. The number of rotatable bonds is 12. The minimum absolute atomic E-state index is 0.0518. The SMILES string of the molecule is CCCCCCC(O)c1ccc(N2C(=O)CCC2[C@H](OC)c2ccc(C(=O)OC(C)C)s2)cc1. The zero-order valence-corrected chi connectivity index (χ0v) is 21.5. The minimum atomic E-state index is -0.488. The number of esters is 1. The van der Waals surface area contributed by atoms with Crippen molar-refractivity contribution in [2.45, 2.75) is 90.1 Å². The number of hydrogen-bond acceptors (Lipinski definition) is 6. The van der Waals surface area contributed by atoms with Crippen molar-refractivity contribution in [2.24, 2.45) is 0 Å². The number of aliphatic hydroxyl groups excluding tert-OH is 1. The molecule has 1 saturated heterocycles. The van der Waals surface area contributed by atoms with Crippen LogP contribution in [0, 0.1) is 0 Å². The first kappa shape index (κ1) is 26.4. The van der Waals surface area contributed by atoms with Gasteiger partial charge in [0.15, 0.2) is 0 Å². The van der Waals surface area contributed by atoms with Crippen LogP contribution in [0.25, 0.3) is 0 Å². The molecule has 0 radical (unpaired) electrons. The molecule has 34 heavy (non-hydrogen) atoms. The van der Waals surface area contributed by atoms with E-state index in [1.165, 1.54) is 24.2 Å². The van der Waals surface area contributed by atoms with Crippen molar-refractivity contribution in [3.63, 3.8) is 0 Å². The van der Waals surface area contributed by atoms with Crippen molar-refractivity contribution in [1.82, 2.24) is 0 Å². The second-order valence-electron chi connectivity index (χ2n) is 9.14. The first-order valence-corrected chi connectivity index (χ1v) is 13.1. The molecule has 6 nitrogen and oxygen atoms in total. The molecule has 7 heteroatoms. The summed E-state index contributed by atoms with van der Waals surface area (Å²) in [6.45, 7) is 5.82. The molecule has 0 aliphatic carbocycles. The Hall–Kier alpha value is -2.22. The topological polar surface area (TPSA) is 76.1 Å². The molecule has 1 aromatic heterocycles. The molecular formula is C27H37NO5S. The van der Waals surface area contributed by atoms with E-state index >= 15 is 0 Å². The molecule has 0 spiro atoms. The highest BCUT2D eigenvalue weighted by atomic mass is 32.1. The van der Waals surface area contributed by atoms with E-state index < -0.39 is 6.10 Å². The maximum Gasteiger partial charge on any atom is 0.348 e. The van der Waals surface area contributed by atoms with E-state index in [1.54, 1.807) is 18.1 Å². The average Bonchev–Trinajstić information content (AvgIpc) is 3.45. The van der Waals surface area contributed by atoms with Crippen LogP contribution in [0.1, 0.15) is 98.0 Å². The van der Waals surface area contributed by atoms with E-state index in [0.29, 0.717) is 17.7 Å². The third-order valence-corrected chi connectivity index (χ3v) is 7.32. The van der Waals surface area contributed by atoms with Gasteiger partial charge in [-0.25, -0.2) is 4.79 Å². The molecule has 3 atom stereocenters. The number of hydrogen-bond donors (Lipinski definition) is 1. The predicted octanol–water partition coefficient (Wildman–Crippen LogP) is 6.20. The predicted molar refractivity (Wildman–Crippen MR) is 135 cm³/mol. The van der Waals surface area contributed by atoms with Gasteiger partial charge in [-0.3, -0.25) is 4.79 Å². The fourth-order valence-electron chi connectivity index (χ4n) is 4.47. The number of carbonyl (C=O) groups is 2. The Kier molecular flexibility index (Phi) is 9.68. The number of carbonyl (C=O) groups excluding carboxylic acids is 2. The number of thiophene rings is 1. The Morgan fingerprint density at radius 2 is 1.88 bits per heavy atom. The number of nitrogens with zero attached hydrogens (tertiary/aromatic N) is 1. The van der Waals surface area contributed by atoms with Crippen molar-refractivity contribution >= 4 is 28.9 Å². The summed E-state index contributed by atoms with van der Waals surface area (Å²) in [5.74, 6) is -0.291. The quantitative estimate of drug-likeness (QED) is 0.285. The van der Waals surface area contributed by atoms with Crippen molar-refractivity contribution in [3.8, 4) is 0 Å². The normalized spacial score (nSPS) is 17.9. The molecule has 1 aliphatic rings. The third-order valence-electron chi connectivity index (χ3n) is 6.20. The van der Waals surface area contributed by atoms with Crippen LogP contribution in [-0.4, -0.2) is 36.2 Å². The van der Waals surface area contributed by atoms with E-state index in [1.807, 2.05) is 44.2 Å². The van der Waals surface area contributed by atoms with E-state index in [-0.39, 0.29) is 30.1 Å². The molecule has 1 aliphatic heterocycles. The Labute approximate surface area is 206 Å². The zero-order valence-electron chi connectivity index (χ0n) is 20.7. The summed E-state index contributed by atoms with van der Waals surface area (Å²) < 4.78 is 11.2. The maximum atomic E-state index is 12.8. The molecule has 3 rings (SSSR count). The van der Waals surface area contributed by atoms with Gasteiger partial charge in [0.05, 0.1) is 18.2 Å². The summed E-state index contributed by atoms with van der Waals surface area (Å²) in [7, 11) is 1.63. The standard InChI is InChI=1S/C27H37NO5S/c1-5-6-7-8-9-22(29)19-10-12-20(13-11-19)28-21(14-17-25(28)30)26(32-4)23-15-16-24(34-23)27(31)33-18(2)3/h10-13,15-16,18,21-22,26,29H,5-9,14,17H2,1-4H3/t21?,22?,26-/m0/s1. The Morgan fingerprint density at radius 1 is 1.15 bits per heavy atom. The fraction of sp³-hybridized carbons (Fsp3) is 0.556. The summed E-state index contributed by atoms with van der Waals surface area (Å²) in [6, 6.07) is 11.1. The van der Waals surface area contributed by atoms with Gasteiger partial charge in [-0.2, -0.15) is 0 Å². The summed E-state index contributed by atoms with van der Waals surface area (Å²) in [5, 5.41) is 10.5. The Balaban J connectivity index is 1.73. The van der Waals surface area contributed by atoms with Crippen LogP contribution in [0.2, 0.25) is 0 Å². The van der Waals surface area contributed by atoms with Gasteiger partial charge in [0.2, 0.25) is 5.91 Å². The number of anilines is 1. The molecule has 1 fully saturated rings. The van der Waals surface area contributed by atoms with Crippen LogP contribution in [-0.2, 0) is 14.3 Å². The number of aliphatic hydroxyl groups is 1. The molecule has 2 aromatic rings. The van der Waals surface area contributed by atoms with Gasteiger partial charge in [0, 0.05) is 24.1 Å². The lowest BCUT2D eigenvalue weighted by Gasteiger charge is -2.30. The van der Waals surface area contributed by atoms with Crippen molar-refractivity contribution < 1.29 is 24.2 Å². The first-order chi connectivity index (χ1) is 16.3. The molecule has 186 valence electrons. The van der Waals surface area contributed by atoms with Crippen LogP contribution in [0.15, 0.2) is 36.4 Å². The van der Waals surface area contributed by atoms with E-state index in [4.69, 9.17) is 9.47 Å². The van der Waals surface area contributed by atoms with Gasteiger partial charge in [-0.1, -0.05) is 44.7 Å². The minimum Gasteiger partial charge on any atom is -0.459 e. The molecule has 2 unspecified atom stereocenters. The monoisotopic (exact) mass is 487 g/mol. The molecule has 1 aromatic carbocycles. The number of benzene rings is 1. The highest BCUT2D eigenvalue weighted by molar-refractivity contribution is 7.14. The largest absolute Gasteiger partial charge is 0.459 e. The molecule has 0 saturated carbocycles. The van der Waals surface area contributed by atoms with Gasteiger partial charge in [0.1, 0.15) is 11.0 Å². The van der Waals surface area contributed by atoms with E-state index in [9.17, 15) is 14.7 Å². The Morgan fingerprint density at radius 3 is 2.53 bits per heavy atom. The second-order valence-corrected chi connectivity index (χ2v) is 10.3. The molecule has 2 heterocycles. The summed E-state index contributed by atoms with van der Waals surface area (Å²) >= 11 is 1.35. The molecular weight excluding hydrogens is 450 g/mol. The number of amides is 1. The van der Waals surface area contributed by atoms with Gasteiger partial charge < -0.3 is 19.5 Å². The number of methoxy groups -OCH3 is 1. The summed E-state index contributed by atoms with van der Waals surface area (Å²) in [5.41, 5.74) is 1.67. The van der Waals surface area contributed by atoms with Gasteiger partial charge >= 0.3 is 5.97 Å². The molecule has 1 N–H and O–H groups in total. The van der Waals surface area contributed by atoms with Crippen LogP contribution in [0.3, 0.4) is 0 Å². The van der Waals surface area contributed by atoms with Gasteiger partial charge in [-0.05, 0) is 56.5 Å². The summed E-state index contributed by atoms with van der Waals surface area (Å²) in [4.78, 5) is 28.4. The summed E-state index contributed by atoms with van der Waals surface area (Å²) in [6.07, 6.45) is 5.35. The third kappa shape index (κ3) is 6.46. The van der Waals surface area contributed by atoms with Crippen LogP contribution in [0.4, 0.5) is 5.69 Å². The van der Waals surface area contributed by atoms with Gasteiger partial charge in [0.25, 0.3) is 0 Å². The highest BCUT2D eigenvalue weighted by Crippen LogP contribution is 2.39. The fourth-order valence-corrected chi connectivity index (χ4v) is 5.49. The van der Waals surface area contributed by atoms with Crippen LogP contribution >= 0.6 is 11.3 Å². The average molecular weight is 488 g/mol. The lowest BCUT2D eigenvalue weighted by molar-refractivity contribution is -0.117. The number of unbranched alkanes of at least 4 members (excludes halogenated alkanes) is 3. The van der Waals surface area contributed by atoms with E-state index in [2.05, 4.69) is 6.92 Å². The lowest BCUT2D eigenvalue weighted by atomic mass is 10.0. The Bertz CT molecular complexity index is 939. The maximum absolute atomic E-state index is 12.8. The molecule has 1 amide bonds. The van der Waals surface area contributed by atoms with E-state index in [0.717, 1.165) is 35.4 Å². The van der Waals surface area contributed by atoms with Crippen molar-refractivity contribution in [2.75, 3.05) is 12.0 Å². The van der Waals surface area contributed by atoms with Gasteiger partial charge in [-0.15, -0.1) is 11.3 Å². The lowest BCUT2D eigenvalue weighted by Crippen LogP contribution is -2.37. The second kappa shape index (κ2) is 12.5. The van der Waals surface area contributed by atoms with Crippen molar-refractivity contribution in [3.05, 3.63) is 51.7 Å². The van der Waals surface area contributed by atoms with Crippen molar-refractivity contribution in [1.29, 1.82) is 0 Å². The van der Waals surface area contributed by atoms with Crippen LogP contribution < -0.4 is 4.90 Å². The first-order valence-electron chi connectivity index (χ1n) is 12.3. The van der Waals surface area contributed by atoms with Crippen LogP contribution in [0.5, 0.6) is 0 Å².